The Kier molecular flexibility index (Phi) is 6.66. The molecule has 0 aliphatic rings. The summed E-state index contributed by atoms with van der Waals surface area (Å²) in [4.78, 5) is 24.4. The first-order chi connectivity index (χ1) is 11.5. The van der Waals surface area contributed by atoms with Crippen molar-refractivity contribution in [2.45, 2.75) is 13.1 Å². The van der Waals surface area contributed by atoms with E-state index in [2.05, 4.69) is 10.6 Å². The van der Waals surface area contributed by atoms with Crippen LogP contribution < -0.4 is 15.5 Å². The Hall–Kier alpha value is -2.02. The van der Waals surface area contributed by atoms with E-state index >= 15 is 0 Å². The molecule has 3 N–H and O–H groups in total. The summed E-state index contributed by atoms with van der Waals surface area (Å²) in [6.07, 6.45) is 1.51. The summed E-state index contributed by atoms with van der Waals surface area (Å²) in [6, 6.07) is 8.25. The van der Waals surface area contributed by atoms with Gasteiger partial charge in [0.1, 0.15) is 12.3 Å². The van der Waals surface area contributed by atoms with E-state index < -0.39 is 6.03 Å². The molecule has 1 unspecified atom stereocenters. The minimum absolute atomic E-state index is 0.122. The molecule has 0 radical (unpaired) electrons. The Balaban J connectivity index is 1.76. The van der Waals surface area contributed by atoms with Gasteiger partial charge in [-0.2, -0.15) is 0 Å². The maximum atomic E-state index is 11.9. The second-order valence-electron chi connectivity index (χ2n) is 5.33. The molecule has 24 heavy (non-hydrogen) atoms. The quantitative estimate of drug-likeness (QED) is 0.723. The second-order valence-corrected chi connectivity index (χ2v) is 6.12. The average Bonchev–Trinajstić information content (AvgIpc) is 3.03. The molecule has 128 valence electrons. The first-order valence-corrected chi connectivity index (χ1v) is 8.05. The van der Waals surface area contributed by atoms with Crippen LogP contribution in [0.4, 0.5) is 4.79 Å². The predicted molar refractivity (Wildman–Crippen MR) is 91.0 cm³/mol. The van der Waals surface area contributed by atoms with Gasteiger partial charge in [0.2, 0.25) is 0 Å². The van der Waals surface area contributed by atoms with Crippen molar-refractivity contribution in [2.24, 2.45) is 0 Å². The summed E-state index contributed by atoms with van der Waals surface area (Å²) in [5, 5.41) is 5.77. The van der Waals surface area contributed by atoms with Crippen LogP contribution in [0.25, 0.3) is 0 Å². The van der Waals surface area contributed by atoms with Crippen LogP contribution in [-0.4, -0.2) is 25.5 Å². The molecular formula is C16H18Cl2N3O3+. The fraction of sp³-hybridized carbons (Fsp3) is 0.250. The van der Waals surface area contributed by atoms with Crippen LogP contribution in [0.15, 0.2) is 41.0 Å². The van der Waals surface area contributed by atoms with E-state index in [0.717, 1.165) is 10.5 Å². The molecule has 0 aliphatic heterocycles. The van der Waals surface area contributed by atoms with Gasteiger partial charge < -0.3 is 14.6 Å². The number of hydrogen-bond acceptors (Lipinski definition) is 3. The molecule has 0 saturated heterocycles. The van der Waals surface area contributed by atoms with E-state index in [0.29, 0.717) is 22.4 Å². The Labute approximate surface area is 149 Å². The lowest BCUT2D eigenvalue weighted by molar-refractivity contribution is -0.885. The molecule has 0 saturated carbocycles. The van der Waals surface area contributed by atoms with Gasteiger partial charge in [-0.05, 0) is 18.2 Å². The third-order valence-corrected chi connectivity index (χ3v) is 4.10. The lowest BCUT2D eigenvalue weighted by Gasteiger charge is -2.15. The highest BCUT2D eigenvalue weighted by Crippen LogP contribution is 2.24. The maximum Gasteiger partial charge on any atom is 0.321 e. The van der Waals surface area contributed by atoms with E-state index in [1.807, 2.05) is 13.1 Å². The van der Waals surface area contributed by atoms with Gasteiger partial charge in [0, 0.05) is 5.56 Å². The van der Waals surface area contributed by atoms with Crippen LogP contribution in [0.1, 0.15) is 11.3 Å². The van der Waals surface area contributed by atoms with Crippen LogP contribution in [-0.2, 0) is 17.9 Å². The highest BCUT2D eigenvalue weighted by atomic mass is 35.5. The van der Waals surface area contributed by atoms with Gasteiger partial charge in [0.15, 0.2) is 6.54 Å². The van der Waals surface area contributed by atoms with E-state index in [-0.39, 0.29) is 19.0 Å². The Morgan fingerprint density at radius 1 is 1.21 bits per heavy atom. The molecule has 1 atom stereocenters. The van der Waals surface area contributed by atoms with Crippen LogP contribution in [0.5, 0.6) is 0 Å². The van der Waals surface area contributed by atoms with E-state index in [4.69, 9.17) is 27.6 Å². The van der Waals surface area contributed by atoms with Gasteiger partial charge in [-0.15, -0.1) is 0 Å². The number of furan rings is 1. The fourth-order valence-electron chi connectivity index (χ4n) is 2.14. The summed E-state index contributed by atoms with van der Waals surface area (Å²) in [5.74, 6) is 0.221. The van der Waals surface area contributed by atoms with Crippen molar-refractivity contribution in [1.82, 2.24) is 10.6 Å². The molecule has 1 aromatic carbocycles. The number of nitrogens with one attached hydrogen (secondary N) is 3. The molecule has 2 aromatic rings. The lowest BCUT2D eigenvalue weighted by Crippen LogP contribution is -3.09. The molecule has 0 spiro atoms. The molecule has 1 heterocycles. The predicted octanol–water partition coefficient (Wildman–Crippen LogP) is 1.63. The SMILES string of the molecule is C[NH+](CC(=O)NC(=O)NCc1ccco1)Cc1cccc(Cl)c1Cl. The van der Waals surface area contributed by atoms with Crippen molar-refractivity contribution in [3.63, 3.8) is 0 Å². The number of hydrogen-bond donors (Lipinski definition) is 3. The highest BCUT2D eigenvalue weighted by molar-refractivity contribution is 6.42. The van der Waals surface area contributed by atoms with Crippen LogP contribution in [0, 0.1) is 0 Å². The van der Waals surface area contributed by atoms with Gasteiger partial charge >= 0.3 is 6.03 Å². The zero-order valence-electron chi connectivity index (χ0n) is 13.1. The van der Waals surface area contributed by atoms with Crippen molar-refractivity contribution in [1.29, 1.82) is 0 Å². The lowest BCUT2D eigenvalue weighted by atomic mass is 10.2. The van der Waals surface area contributed by atoms with Gasteiger partial charge in [-0.25, -0.2) is 4.79 Å². The highest BCUT2D eigenvalue weighted by Gasteiger charge is 2.15. The molecule has 3 amide bonds. The number of imide groups is 1. The smallest absolute Gasteiger partial charge is 0.321 e. The fourth-order valence-corrected chi connectivity index (χ4v) is 2.53. The summed E-state index contributed by atoms with van der Waals surface area (Å²) in [6.45, 7) is 0.852. The minimum atomic E-state index is -0.565. The standard InChI is InChI=1S/C16H17Cl2N3O3/c1-21(9-11-4-2-6-13(17)15(11)18)10-14(22)20-16(23)19-8-12-5-3-7-24-12/h2-7H,8-10H2,1H3,(H2,19,20,22,23)/p+1. The van der Waals surface area contributed by atoms with Gasteiger partial charge in [-0.1, -0.05) is 35.3 Å². The molecule has 8 heteroatoms. The van der Waals surface area contributed by atoms with Crippen molar-refractivity contribution >= 4 is 35.1 Å². The van der Waals surface area contributed by atoms with Gasteiger partial charge in [0.05, 0.1) is 29.9 Å². The van der Waals surface area contributed by atoms with Crippen molar-refractivity contribution in [3.05, 3.63) is 58.0 Å². The van der Waals surface area contributed by atoms with E-state index in [1.165, 1.54) is 6.26 Å². The van der Waals surface area contributed by atoms with Crippen LogP contribution >= 0.6 is 23.2 Å². The number of quaternary nitrogens is 1. The third kappa shape index (κ3) is 5.56. The normalized spacial score (nSPS) is 11.8. The molecule has 2 rings (SSSR count). The molecule has 0 bridgehead atoms. The largest absolute Gasteiger partial charge is 0.467 e. The summed E-state index contributed by atoms with van der Waals surface area (Å²) in [7, 11) is 1.83. The summed E-state index contributed by atoms with van der Waals surface area (Å²) < 4.78 is 5.09. The topological polar surface area (TPSA) is 75.8 Å². The minimum Gasteiger partial charge on any atom is -0.467 e. The maximum absolute atomic E-state index is 11.9. The van der Waals surface area contributed by atoms with Crippen molar-refractivity contribution < 1.29 is 18.9 Å². The van der Waals surface area contributed by atoms with E-state index in [9.17, 15) is 9.59 Å². The Morgan fingerprint density at radius 2 is 2.00 bits per heavy atom. The zero-order chi connectivity index (χ0) is 17.5. The monoisotopic (exact) mass is 370 g/mol. The molecule has 0 fully saturated rings. The number of amides is 3. The third-order valence-electron chi connectivity index (χ3n) is 3.24. The first kappa shape index (κ1) is 18.3. The Bertz CT molecular complexity index is 705. The first-order valence-electron chi connectivity index (χ1n) is 7.30. The number of benzene rings is 1. The number of carbonyl (C=O) groups excluding carboxylic acids is 2. The molecule has 0 aliphatic carbocycles. The number of halogens is 2. The van der Waals surface area contributed by atoms with Crippen molar-refractivity contribution in [3.8, 4) is 0 Å². The van der Waals surface area contributed by atoms with E-state index in [1.54, 1.807) is 24.3 Å². The number of urea groups is 1. The summed E-state index contributed by atoms with van der Waals surface area (Å²) in [5.41, 5.74) is 0.844. The van der Waals surface area contributed by atoms with Gasteiger partial charge in [-0.3, -0.25) is 10.1 Å². The average molecular weight is 371 g/mol. The second kappa shape index (κ2) is 8.73. The molecule has 1 aromatic heterocycles. The Morgan fingerprint density at radius 3 is 2.71 bits per heavy atom. The van der Waals surface area contributed by atoms with Crippen LogP contribution in [0.3, 0.4) is 0 Å². The number of likely N-dealkylation sites (N-methyl/N-ethyl adjacent to an activating group) is 1. The molecule has 6 nitrogen and oxygen atoms in total. The number of rotatable bonds is 6. The zero-order valence-corrected chi connectivity index (χ0v) is 14.6. The van der Waals surface area contributed by atoms with Gasteiger partial charge in [0.25, 0.3) is 5.91 Å². The van der Waals surface area contributed by atoms with Crippen molar-refractivity contribution in [2.75, 3.05) is 13.6 Å². The molecular weight excluding hydrogens is 353 g/mol. The van der Waals surface area contributed by atoms with Crippen LogP contribution in [0.2, 0.25) is 10.0 Å². The number of carbonyl (C=O) groups is 2. The summed E-state index contributed by atoms with van der Waals surface area (Å²) >= 11 is 12.1.